The smallest absolute Gasteiger partial charge is 0.340 e. The molecular formula is C19H19F3N4O2S. The van der Waals surface area contributed by atoms with E-state index in [0.717, 1.165) is 40.9 Å². The van der Waals surface area contributed by atoms with Crippen LogP contribution in [0.2, 0.25) is 0 Å². The van der Waals surface area contributed by atoms with E-state index in [1.54, 1.807) is 0 Å². The van der Waals surface area contributed by atoms with Crippen LogP contribution in [0.15, 0.2) is 47.4 Å². The first-order valence-electron chi connectivity index (χ1n) is 9.03. The first-order valence-corrected chi connectivity index (χ1v) is 10.5. The molecule has 10 heteroatoms. The maximum atomic E-state index is 12.8. The van der Waals surface area contributed by atoms with Crippen LogP contribution in [-0.2, 0) is 16.2 Å². The second-order valence-electron chi connectivity index (χ2n) is 6.99. The molecule has 154 valence electrons. The number of alkyl halides is 3. The predicted molar refractivity (Wildman–Crippen MR) is 103 cm³/mol. The number of piperazine rings is 1. The zero-order valence-corrected chi connectivity index (χ0v) is 16.4. The van der Waals surface area contributed by atoms with Gasteiger partial charge >= 0.3 is 6.18 Å². The zero-order valence-electron chi connectivity index (χ0n) is 15.6. The minimum absolute atomic E-state index is 0.141. The second kappa shape index (κ2) is 7.03. The maximum Gasteiger partial charge on any atom is 0.416 e. The van der Waals surface area contributed by atoms with Gasteiger partial charge in [-0.1, -0.05) is 6.07 Å². The van der Waals surface area contributed by atoms with E-state index in [9.17, 15) is 21.6 Å². The van der Waals surface area contributed by atoms with E-state index < -0.39 is 21.8 Å². The highest BCUT2D eigenvalue weighted by molar-refractivity contribution is 7.89. The van der Waals surface area contributed by atoms with Crippen molar-refractivity contribution in [2.24, 2.45) is 0 Å². The lowest BCUT2D eigenvalue weighted by atomic mass is 10.2. The molecule has 4 rings (SSSR count). The molecule has 3 aromatic rings. The van der Waals surface area contributed by atoms with Gasteiger partial charge in [0.1, 0.15) is 0 Å². The Hall–Kier alpha value is -2.59. The van der Waals surface area contributed by atoms with Crippen molar-refractivity contribution < 1.29 is 21.6 Å². The van der Waals surface area contributed by atoms with E-state index in [4.69, 9.17) is 0 Å². The molecule has 2 heterocycles. The number of aromatic amines is 1. The van der Waals surface area contributed by atoms with Crippen molar-refractivity contribution in [3.05, 3.63) is 53.6 Å². The van der Waals surface area contributed by atoms with Crippen LogP contribution in [0.1, 0.15) is 11.1 Å². The Morgan fingerprint density at radius 3 is 2.28 bits per heavy atom. The number of halogens is 3. The van der Waals surface area contributed by atoms with Crippen LogP contribution in [0.4, 0.5) is 19.1 Å². The number of aromatic nitrogens is 2. The molecule has 1 aliphatic rings. The fourth-order valence-electron chi connectivity index (χ4n) is 3.36. The van der Waals surface area contributed by atoms with Gasteiger partial charge in [-0.05, 0) is 48.9 Å². The Labute approximate surface area is 166 Å². The molecule has 1 saturated heterocycles. The number of aryl methyl sites for hydroxylation is 1. The fraction of sp³-hybridized carbons (Fsp3) is 0.316. The number of fused-ring (bicyclic) bond motifs is 1. The standard InChI is InChI=1S/C19H19F3N4O2S/c1-13-2-7-16-17(12-13)24-18(23-16)25-8-10-26(11-9-25)29(27,28)15-5-3-14(4-6-15)19(20,21)22/h2-7,12H,8-11H2,1H3,(H,23,24). The molecular weight excluding hydrogens is 405 g/mol. The van der Waals surface area contributed by atoms with E-state index in [2.05, 4.69) is 9.97 Å². The summed E-state index contributed by atoms with van der Waals surface area (Å²) in [6.07, 6.45) is -4.50. The molecule has 0 unspecified atom stereocenters. The van der Waals surface area contributed by atoms with Crippen molar-refractivity contribution in [3.63, 3.8) is 0 Å². The Balaban J connectivity index is 1.48. The van der Waals surface area contributed by atoms with Crippen LogP contribution >= 0.6 is 0 Å². The van der Waals surface area contributed by atoms with Crippen LogP contribution < -0.4 is 4.90 Å². The summed E-state index contributed by atoms with van der Waals surface area (Å²) in [4.78, 5) is 9.63. The minimum Gasteiger partial charge on any atom is -0.340 e. The van der Waals surface area contributed by atoms with E-state index in [0.29, 0.717) is 19.0 Å². The van der Waals surface area contributed by atoms with Crippen molar-refractivity contribution in [1.29, 1.82) is 0 Å². The quantitative estimate of drug-likeness (QED) is 0.700. The monoisotopic (exact) mass is 424 g/mol. The molecule has 1 N–H and O–H groups in total. The largest absolute Gasteiger partial charge is 0.416 e. The lowest BCUT2D eigenvalue weighted by molar-refractivity contribution is -0.137. The van der Waals surface area contributed by atoms with E-state index in [1.165, 1.54) is 4.31 Å². The topological polar surface area (TPSA) is 69.3 Å². The number of H-pyrrole nitrogens is 1. The highest BCUT2D eigenvalue weighted by Crippen LogP contribution is 2.30. The van der Waals surface area contributed by atoms with Crippen molar-refractivity contribution in [2.45, 2.75) is 18.0 Å². The summed E-state index contributed by atoms with van der Waals surface area (Å²) in [5.41, 5.74) is 1.99. The molecule has 0 saturated carbocycles. The summed E-state index contributed by atoms with van der Waals surface area (Å²) >= 11 is 0. The maximum absolute atomic E-state index is 12.8. The average Bonchev–Trinajstić information content (AvgIpc) is 3.10. The third-order valence-corrected chi connectivity index (χ3v) is 6.90. The summed E-state index contributed by atoms with van der Waals surface area (Å²) in [6, 6.07) is 9.49. The molecule has 0 amide bonds. The number of imidazole rings is 1. The van der Waals surface area contributed by atoms with E-state index in [-0.39, 0.29) is 18.0 Å². The summed E-state index contributed by atoms with van der Waals surface area (Å²) in [6.45, 7) is 3.29. The van der Waals surface area contributed by atoms with Gasteiger partial charge in [0.15, 0.2) is 0 Å². The van der Waals surface area contributed by atoms with Gasteiger partial charge in [-0.15, -0.1) is 0 Å². The zero-order chi connectivity index (χ0) is 20.8. The third kappa shape index (κ3) is 3.82. The summed E-state index contributed by atoms with van der Waals surface area (Å²) in [7, 11) is -3.85. The summed E-state index contributed by atoms with van der Waals surface area (Å²) < 4.78 is 64.9. The number of hydrogen-bond donors (Lipinski definition) is 1. The summed E-state index contributed by atoms with van der Waals surface area (Å²) in [5.74, 6) is 0.678. The van der Waals surface area contributed by atoms with Gasteiger partial charge in [0.25, 0.3) is 0 Å². The molecule has 1 aliphatic heterocycles. The van der Waals surface area contributed by atoms with Crippen molar-refractivity contribution in [3.8, 4) is 0 Å². The molecule has 0 bridgehead atoms. The minimum atomic E-state index is -4.50. The molecule has 29 heavy (non-hydrogen) atoms. The van der Waals surface area contributed by atoms with Gasteiger partial charge in [0.05, 0.1) is 21.5 Å². The number of benzene rings is 2. The van der Waals surface area contributed by atoms with Crippen LogP contribution in [0.5, 0.6) is 0 Å². The highest BCUT2D eigenvalue weighted by atomic mass is 32.2. The molecule has 1 fully saturated rings. The lowest BCUT2D eigenvalue weighted by Gasteiger charge is -2.33. The molecule has 6 nitrogen and oxygen atoms in total. The molecule has 2 aromatic carbocycles. The van der Waals surface area contributed by atoms with Crippen LogP contribution in [-0.4, -0.2) is 48.9 Å². The molecule has 1 aromatic heterocycles. The SMILES string of the molecule is Cc1ccc2nc(N3CCN(S(=O)(=O)c4ccc(C(F)(F)F)cc4)CC3)[nH]c2c1. The number of anilines is 1. The average molecular weight is 424 g/mol. The van der Waals surface area contributed by atoms with Crippen LogP contribution in [0, 0.1) is 6.92 Å². The third-order valence-electron chi connectivity index (χ3n) is 4.98. The number of hydrogen-bond acceptors (Lipinski definition) is 4. The Kier molecular flexibility index (Phi) is 4.78. The van der Waals surface area contributed by atoms with E-state index >= 15 is 0 Å². The van der Waals surface area contributed by atoms with Crippen molar-refractivity contribution in [1.82, 2.24) is 14.3 Å². The van der Waals surface area contributed by atoms with Gasteiger partial charge in [-0.2, -0.15) is 17.5 Å². The molecule has 0 atom stereocenters. The van der Waals surface area contributed by atoms with Gasteiger partial charge in [-0.3, -0.25) is 0 Å². The molecule has 0 aliphatic carbocycles. The first-order chi connectivity index (χ1) is 13.6. The Morgan fingerprint density at radius 1 is 1.00 bits per heavy atom. The number of sulfonamides is 1. The van der Waals surface area contributed by atoms with Gasteiger partial charge in [0.2, 0.25) is 16.0 Å². The Bertz CT molecular complexity index is 1130. The lowest BCUT2D eigenvalue weighted by Crippen LogP contribution is -2.49. The Morgan fingerprint density at radius 2 is 1.66 bits per heavy atom. The molecule has 0 spiro atoms. The second-order valence-corrected chi connectivity index (χ2v) is 8.93. The summed E-state index contributed by atoms with van der Waals surface area (Å²) in [5, 5.41) is 0. The van der Waals surface area contributed by atoms with Crippen LogP contribution in [0.25, 0.3) is 11.0 Å². The van der Waals surface area contributed by atoms with Gasteiger partial charge in [-0.25, -0.2) is 13.4 Å². The van der Waals surface area contributed by atoms with Gasteiger partial charge in [0, 0.05) is 26.2 Å². The van der Waals surface area contributed by atoms with Crippen molar-refractivity contribution in [2.75, 3.05) is 31.1 Å². The number of rotatable bonds is 3. The fourth-order valence-corrected chi connectivity index (χ4v) is 4.79. The predicted octanol–water partition coefficient (Wildman–Crippen LogP) is 3.40. The van der Waals surface area contributed by atoms with Crippen molar-refractivity contribution >= 4 is 27.0 Å². The van der Waals surface area contributed by atoms with Gasteiger partial charge < -0.3 is 9.88 Å². The number of nitrogens with zero attached hydrogens (tertiary/aromatic N) is 3. The first kappa shape index (κ1) is 19.7. The highest BCUT2D eigenvalue weighted by Gasteiger charge is 2.33. The normalized spacial score (nSPS) is 16.5. The number of nitrogens with one attached hydrogen (secondary N) is 1. The molecule has 0 radical (unpaired) electrons. The van der Waals surface area contributed by atoms with E-state index in [1.807, 2.05) is 30.0 Å². The van der Waals surface area contributed by atoms with Crippen LogP contribution in [0.3, 0.4) is 0 Å².